The number of benzene rings is 2. The van der Waals surface area contributed by atoms with E-state index in [-0.39, 0.29) is 23.1 Å². The molecule has 31 heavy (non-hydrogen) atoms. The number of Topliss-reactive ketones (excluding diaryl/α,β-unsaturated/α-hetero) is 1. The highest BCUT2D eigenvalue weighted by Crippen LogP contribution is 2.43. The smallest absolute Gasteiger partial charge is 0.295 e. The molecule has 1 heterocycles. The molecule has 0 radical (unpaired) electrons. The number of ketones is 1. The molecule has 2 fully saturated rings. The molecule has 0 spiro atoms. The summed E-state index contributed by atoms with van der Waals surface area (Å²) >= 11 is 0. The molecule has 2 N–H and O–H groups in total. The molecule has 3 aliphatic rings. The van der Waals surface area contributed by atoms with Gasteiger partial charge in [-0.15, -0.1) is 0 Å². The van der Waals surface area contributed by atoms with E-state index in [9.17, 15) is 19.8 Å². The Labute approximate surface area is 182 Å². The minimum Gasteiger partial charge on any atom is -0.508 e. The van der Waals surface area contributed by atoms with Crippen molar-refractivity contribution in [1.82, 2.24) is 4.90 Å². The number of hydrogen-bond acceptors (Lipinski definition) is 4. The Morgan fingerprint density at radius 3 is 2.26 bits per heavy atom. The fourth-order valence-electron chi connectivity index (χ4n) is 5.43. The fourth-order valence-corrected chi connectivity index (χ4v) is 5.43. The molecule has 1 aliphatic heterocycles. The van der Waals surface area contributed by atoms with Gasteiger partial charge in [0.15, 0.2) is 0 Å². The Kier molecular flexibility index (Phi) is 5.05. The van der Waals surface area contributed by atoms with Gasteiger partial charge in [-0.2, -0.15) is 0 Å². The van der Waals surface area contributed by atoms with Crippen LogP contribution in [0.15, 0.2) is 48.0 Å². The highest BCUT2D eigenvalue weighted by molar-refractivity contribution is 6.46. The van der Waals surface area contributed by atoms with Gasteiger partial charge in [0.25, 0.3) is 11.7 Å². The Bertz CT molecular complexity index is 1060. The molecule has 1 amide bonds. The summed E-state index contributed by atoms with van der Waals surface area (Å²) in [5.74, 6) is -1.15. The minimum atomic E-state index is -0.639. The maximum Gasteiger partial charge on any atom is 0.295 e. The number of carbonyl (C=O) groups is 2. The number of phenols is 1. The van der Waals surface area contributed by atoms with Crippen molar-refractivity contribution >= 4 is 17.4 Å². The predicted octanol–water partition coefficient (Wildman–Crippen LogP) is 4.64. The van der Waals surface area contributed by atoms with Gasteiger partial charge < -0.3 is 15.1 Å². The summed E-state index contributed by atoms with van der Waals surface area (Å²) in [6.45, 7) is 0. The lowest BCUT2D eigenvalue weighted by atomic mass is 9.88. The summed E-state index contributed by atoms with van der Waals surface area (Å²) in [6, 6.07) is 11.8. The standard InChI is InChI=1S/C26H27NO4/c28-21-13-11-17(12-14-21)23-22(25(30)26(31)27(23)20-7-3-4-8-20)24(29)19-10-9-16-5-1-2-6-18(16)15-19/h9-15,20,23,28-29H,1-8H2/b24-22-. The average Bonchev–Trinajstić information content (AvgIpc) is 3.40. The number of hydrogen-bond donors (Lipinski definition) is 2. The predicted molar refractivity (Wildman–Crippen MR) is 118 cm³/mol. The highest BCUT2D eigenvalue weighted by atomic mass is 16.3. The maximum atomic E-state index is 13.2. The van der Waals surface area contributed by atoms with E-state index >= 15 is 0 Å². The molecule has 1 saturated carbocycles. The summed E-state index contributed by atoms with van der Waals surface area (Å²) in [5.41, 5.74) is 3.97. The summed E-state index contributed by atoms with van der Waals surface area (Å²) in [6.07, 6.45) is 8.08. The maximum absolute atomic E-state index is 13.2. The lowest BCUT2D eigenvalue weighted by Gasteiger charge is -2.30. The molecule has 2 aromatic carbocycles. The molecule has 5 rings (SSSR count). The summed E-state index contributed by atoms with van der Waals surface area (Å²) < 4.78 is 0. The summed E-state index contributed by atoms with van der Waals surface area (Å²) in [4.78, 5) is 27.9. The van der Waals surface area contributed by atoms with E-state index in [1.165, 1.54) is 17.5 Å². The third-order valence-electron chi connectivity index (χ3n) is 7.03. The number of carbonyl (C=O) groups excluding carboxylic acids is 2. The number of aromatic hydroxyl groups is 1. The van der Waals surface area contributed by atoms with E-state index in [2.05, 4.69) is 0 Å². The molecule has 5 heteroatoms. The lowest BCUT2D eigenvalue weighted by molar-refractivity contribution is -0.141. The van der Waals surface area contributed by atoms with Crippen LogP contribution >= 0.6 is 0 Å². The molecule has 0 bridgehead atoms. The monoisotopic (exact) mass is 417 g/mol. The number of aryl methyl sites for hydroxylation is 2. The van der Waals surface area contributed by atoms with Crippen molar-refractivity contribution in [3.05, 3.63) is 70.3 Å². The zero-order chi connectivity index (χ0) is 21.5. The molecule has 0 aromatic heterocycles. The van der Waals surface area contributed by atoms with Crippen molar-refractivity contribution in [3.8, 4) is 5.75 Å². The van der Waals surface area contributed by atoms with Crippen LogP contribution in [0.3, 0.4) is 0 Å². The van der Waals surface area contributed by atoms with Crippen molar-refractivity contribution in [1.29, 1.82) is 0 Å². The van der Waals surface area contributed by atoms with Crippen LogP contribution in [0.2, 0.25) is 0 Å². The molecular weight excluding hydrogens is 390 g/mol. The van der Waals surface area contributed by atoms with E-state index in [1.807, 2.05) is 18.2 Å². The second kappa shape index (κ2) is 7.88. The van der Waals surface area contributed by atoms with Gasteiger partial charge in [0, 0.05) is 11.6 Å². The Hall–Kier alpha value is -3.08. The first-order valence-electron chi connectivity index (χ1n) is 11.3. The molecule has 1 unspecified atom stereocenters. The molecule has 2 aliphatic carbocycles. The zero-order valence-corrected chi connectivity index (χ0v) is 17.5. The van der Waals surface area contributed by atoms with Crippen LogP contribution in [0.5, 0.6) is 5.75 Å². The molecule has 1 atom stereocenters. The van der Waals surface area contributed by atoms with E-state index in [0.717, 1.165) is 50.5 Å². The number of rotatable bonds is 3. The largest absolute Gasteiger partial charge is 0.508 e. The first kappa shape index (κ1) is 19.9. The van der Waals surface area contributed by atoms with Gasteiger partial charge in [-0.05, 0) is 73.4 Å². The van der Waals surface area contributed by atoms with Gasteiger partial charge in [0.05, 0.1) is 11.6 Å². The third kappa shape index (κ3) is 3.42. The van der Waals surface area contributed by atoms with E-state index in [1.54, 1.807) is 29.2 Å². The van der Waals surface area contributed by atoms with Crippen molar-refractivity contribution in [2.75, 3.05) is 0 Å². The molecule has 1 saturated heterocycles. The quantitative estimate of drug-likeness (QED) is 0.433. The van der Waals surface area contributed by atoms with Crippen LogP contribution in [-0.2, 0) is 22.4 Å². The average molecular weight is 418 g/mol. The van der Waals surface area contributed by atoms with Gasteiger partial charge in [-0.25, -0.2) is 0 Å². The second-order valence-corrected chi connectivity index (χ2v) is 8.93. The number of aliphatic hydroxyl groups excluding tert-OH is 1. The zero-order valence-electron chi connectivity index (χ0n) is 17.5. The number of fused-ring (bicyclic) bond motifs is 1. The van der Waals surface area contributed by atoms with E-state index < -0.39 is 17.7 Å². The molecule has 2 aromatic rings. The van der Waals surface area contributed by atoms with Crippen LogP contribution in [0.25, 0.3) is 5.76 Å². The number of phenolic OH excluding ortho intramolecular Hbond substituents is 1. The second-order valence-electron chi connectivity index (χ2n) is 8.93. The van der Waals surface area contributed by atoms with E-state index in [0.29, 0.717) is 5.56 Å². The van der Waals surface area contributed by atoms with Crippen LogP contribution < -0.4 is 0 Å². The van der Waals surface area contributed by atoms with Gasteiger partial charge in [-0.3, -0.25) is 9.59 Å². The van der Waals surface area contributed by atoms with Crippen LogP contribution in [0.4, 0.5) is 0 Å². The Morgan fingerprint density at radius 2 is 1.55 bits per heavy atom. The first-order chi connectivity index (χ1) is 15.0. The SMILES string of the molecule is O=C1C(=O)N(C2CCCC2)C(c2ccc(O)cc2)/C1=C(/O)c1ccc2c(c1)CCCC2. The Morgan fingerprint density at radius 1 is 0.871 bits per heavy atom. The number of nitrogens with zero attached hydrogens (tertiary/aromatic N) is 1. The molecule has 160 valence electrons. The van der Waals surface area contributed by atoms with Crippen LogP contribution in [-0.4, -0.2) is 32.8 Å². The van der Waals surface area contributed by atoms with Crippen molar-refractivity contribution in [3.63, 3.8) is 0 Å². The van der Waals surface area contributed by atoms with Crippen LogP contribution in [0.1, 0.15) is 66.8 Å². The van der Waals surface area contributed by atoms with Gasteiger partial charge >= 0.3 is 0 Å². The number of likely N-dealkylation sites (tertiary alicyclic amines) is 1. The first-order valence-corrected chi connectivity index (χ1v) is 11.3. The van der Waals surface area contributed by atoms with Gasteiger partial charge in [-0.1, -0.05) is 37.1 Å². The van der Waals surface area contributed by atoms with Crippen LogP contribution in [0, 0.1) is 0 Å². The Balaban J connectivity index is 1.64. The minimum absolute atomic E-state index is 0.0101. The van der Waals surface area contributed by atoms with Crippen molar-refractivity contribution in [2.45, 2.75) is 63.5 Å². The van der Waals surface area contributed by atoms with Crippen molar-refractivity contribution < 1.29 is 19.8 Å². The summed E-state index contributed by atoms with van der Waals surface area (Å²) in [7, 11) is 0. The third-order valence-corrected chi connectivity index (χ3v) is 7.03. The van der Waals surface area contributed by atoms with Gasteiger partial charge in [0.1, 0.15) is 11.5 Å². The molecular formula is C26H27NO4. The van der Waals surface area contributed by atoms with Crippen molar-refractivity contribution in [2.24, 2.45) is 0 Å². The molecule has 5 nitrogen and oxygen atoms in total. The summed E-state index contributed by atoms with van der Waals surface area (Å²) in [5, 5.41) is 21.0. The number of amides is 1. The van der Waals surface area contributed by atoms with E-state index in [4.69, 9.17) is 0 Å². The lowest BCUT2D eigenvalue weighted by Crippen LogP contribution is -2.37. The highest BCUT2D eigenvalue weighted by Gasteiger charge is 2.49. The fraction of sp³-hybridized carbons (Fsp3) is 0.385. The van der Waals surface area contributed by atoms with Gasteiger partial charge in [0.2, 0.25) is 0 Å². The normalized spacial score (nSPS) is 23.4. The number of aliphatic hydroxyl groups is 1. The topological polar surface area (TPSA) is 77.8 Å².